The number of amides is 2. The zero-order valence-corrected chi connectivity index (χ0v) is 16.0. The number of hydrogen-bond donors (Lipinski definition) is 1. The fourth-order valence-corrected chi connectivity index (χ4v) is 3.91. The van der Waals surface area contributed by atoms with E-state index in [-0.39, 0.29) is 28.1 Å². The molecule has 3 aromatic rings. The van der Waals surface area contributed by atoms with Crippen LogP contribution in [0.4, 0.5) is 11.6 Å². The van der Waals surface area contributed by atoms with Crippen molar-refractivity contribution in [3.8, 4) is 0 Å². The molecule has 1 aromatic heterocycles. The summed E-state index contributed by atoms with van der Waals surface area (Å²) in [6.07, 6.45) is 0.00725. The van der Waals surface area contributed by atoms with Gasteiger partial charge < -0.3 is 9.88 Å². The molecule has 8 heteroatoms. The topological polar surface area (TPSA) is 67.2 Å². The summed E-state index contributed by atoms with van der Waals surface area (Å²) in [5.41, 5.74) is 2.01. The molecule has 1 N–H and O–H groups in total. The Morgan fingerprint density at radius 3 is 2.52 bits per heavy atom. The number of fused-ring (bicyclic) bond motifs is 1. The number of halogens is 2. The Labute approximate surface area is 165 Å². The number of aromatic nitrogens is 2. The Morgan fingerprint density at radius 2 is 1.81 bits per heavy atom. The third-order valence-electron chi connectivity index (χ3n) is 4.58. The molecule has 0 aliphatic carbocycles. The van der Waals surface area contributed by atoms with Gasteiger partial charge in [-0.05, 0) is 31.2 Å². The van der Waals surface area contributed by atoms with Crippen LogP contribution in [0.15, 0.2) is 42.5 Å². The summed E-state index contributed by atoms with van der Waals surface area (Å²) >= 11 is 12.4. The molecule has 0 spiro atoms. The van der Waals surface area contributed by atoms with Gasteiger partial charge in [0.1, 0.15) is 6.04 Å². The summed E-state index contributed by atoms with van der Waals surface area (Å²) in [5.74, 6) is -0.201. The number of imidazole rings is 1. The molecule has 2 aromatic carbocycles. The number of carbonyl (C=O) groups excluding carboxylic acids is 2. The number of imide groups is 1. The van der Waals surface area contributed by atoms with Crippen molar-refractivity contribution < 1.29 is 9.59 Å². The Kier molecular flexibility index (Phi) is 4.53. The lowest BCUT2D eigenvalue weighted by atomic mass is 10.2. The van der Waals surface area contributed by atoms with Crippen LogP contribution in [0.2, 0.25) is 10.0 Å². The third-order valence-corrected chi connectivity index (χ3v) is 5.19. The Morgan fingerprint density at radius 1 is 1.11 bits per heavy atom. The van der Waals surface area contributed by atoms with Crippen LogP contribution >= 0.6 is 23.2 Å². The monoisotopic (exact) mass is 402 g/mol. The van der Waals surface area contributed by atoms with Crippen molar-refractivity contribution >= 4 is 57.7 Å². The zero-order chi connectivity index (χ0) is 19.1. The highest BCUT2D eigenvalue weighted by Crippen LogP contribution is 2.37. The molecule has 27 heavy (non-hydrogen) atoms. The molecule has 0 saturated carbocycles. The predicted molar refractivity (Wildman–Crippen MR) is 106 cm³/mol. The molecule has 1 saturated heterocycles. The van der Waals surface area contributed by atoms with Gasteiger partial charge in [-0.2, -0.15) is 0 Å². The van der Waals surface area contributed by atoms with E-state index in [1.165, 1.54) is 0 Å². The second-order valence-corrected chi connectivity index (χ2v) is 7.02. The van der Waals surface area contributed by atoms with Gasteiger partial charge in [0.25, 0.3) is 5.91 Å². The summed E-state index contributed by atoms with van der Waals surface area (Å²) in [4.78, 5) is 31.1. The number of nitrogens with zero attached hydrogens (tertiary/aromatic N) is 3. The lowest BCUT2D eigenvalue weighted by molar-refractivity contribution is -0.121. The average Bonchev–Trinajstić information content (AvgIpc) is 3.13. The molecule has 1 aliphatic rings. The van der Waals surface area contributed by atoms with Crippen molar-refractivity contribution in [1.29, 1.82) is 0 Å². The van der Waals surface area contributed by atoms with Crippen molar-refractivity contribution in [1.82, 2.24) is 9.55 Å². The van der Waals surface area contributed by atoms with Crippen LogP contribution in [0, 0.1) is 0 Å². The van der Waals surface area contributed by atoms with Gasteiger partial charge in [0.05, 0.1) is 33.2 Å². The number of aryl methyl sites for hydroxylation is 1. The summed E-state index contributed by atoms with van der Waals surface area (Å²) in [7, 11) is 0. The Hall–Kier alpha value is -2.57. The molecule has 1 atom stereocenters. The first-order valence-corrected chi connectivity index (χ1v) is 9.29. The van der Waals surface area contributed by atoms with Crippen LogP contribution in [0.1, 0.15) is 13.3 Å². The SMILES string of the molecule is CCn1c(N[C@H]2CC(=O)N(c3c(Cl)cccc3Cl)C2=O)nc2ccccc21. The largest absolute Gasteiger partial charge is 0.343 e. The molecule has 2 amide bonds. The first-order chi connectivity index (χ1) is 13.0. The van der Waals surface area contributed by atoms with Gasteiger partial charge in [-0.25, -0.2) is 9.88 Å². The lowest BCUT2D eigenvalue weighted by Crippen LogP contribution is -2.35. The van der Waals surface area contributed by atoms with E-state index in [2.05, 4.69) is 10.3 Å². The van der Waals surface area contributed by atoms with Crippen LogP contribution in [0.3, 0.4) is 0 Å². The van der Waals surface area contributed by atoms with Crippen molar-refractivity contribution in [3.05, 3.63) is 52.5 Å². The van der Waals surface area contributed by atoms with Crippen LogP contribution in [0.25, 0.3) is 11.0 Å². The van der Waals surface area contributed by atoms with Crippen LogP contribution in [-0.2, 0) is 16.1 Å². The zero-order valence-electron chi connectivity index (χ0n) is 14.4. The minimum absolute atomic E-state index is 0.00725. The normalized spacial score (nSPS) is 17.1. The third kappa shape index (κ3) is 2.95. The molecule has 0 unspecified atom stereocenters. The number of carbonyl (C=O) groups is 2. The summed E-state index contributed by atoms with van der Waals surface area (Å²) < 4.78 is 1.97. The Bertz CT molecular complexity index is 1040. The van der Waals surface area contributed by atoms with E-state index in [4.69, 9.17) is 23.2 Å². The molecule has 0 radical (unpaired) electrons. The van der Waals surface area contributed by atoms with Crippen molar-refractivity contribution in [2.75, 3.05) is 10.2 Å². The van der Waals surface area contributed by atoms with E-state index in [9.17, 15) is 9.59 Å². The highest BCUT2D eigenvalue weighted by Gasteiger charge is 2.41. The number of hydrogen-bond acceptors (Lipinski definition) is 4. The molecule has 1 aliphatic heterocycles. The lowest BCUT2D eigenvalue weighted by Gasteiger charge is -2.18. The van der Waals surface area contributed by atoms with Crippen molar-refractivity contribution in [2.45, 2.75) is 25.9 Å². The Balaban J connectivity index is 1.67. The summed E-state index contributed by atoms with van der Waals surface area (Å²) in [5, 5.41) is 3.63. The maximum atomic E-state index is 12.9. The first kappa shape index (κ1) is 17.8. The van der Waals surface area contributed by atoms with Crippen LogP contribution in [0.5, 0.6) is 0 Å². The van der Waals surface area contributed by atoms with E-state index < -0.39 is 11.9 Å². The van der Waals surface area contributed by atoms with Gasteiger partial charge in [-0.15, -0.1) is 0 Å². The van der Waals surface area contributed by atoms with E-state index >= 15 is 0 Å². The van der Waals surface area contributed by atoms with Gasteiger partial charge in [-0.3, -0.25) is 9.59 Å². The maximum Gasteiger partial charge on any atom is 0.256 e. The summed E-state index contributed by atoms with van der Waals surface area (Å²) in [6, 6.07) is 11.8. The number of nitrogens with one attached hydrogen (secondary N) is 1. The molecule has 4 rings (SSSR count). The smallest absolute Gasteiger partial charge is 0.256 e. The van der Waals surface area contributed by atoms with E-state index in [0.29, 0.717) is 12.5 Å². The second kappa shape index (κ2) is 6.87. The number of benzene rings is 2. The van der Waals surface area contributed by atoms with Gasteiger partial charge in [-0.1, -0.05) is 41.4 Å². The van der Waals surface area contributed by atoms with E-state index in [0.717, 1.165) is 15.9 Å². The molecule has 138 valence electrons. The highest BCUT2D eigenvalue weighted by molar-refractivity contribution is 6.42. The van der Waals surface area contributed by atoms with Crippen LogP contribution in [-0.4, -0.2) is 27.4 Å². The van der Waals surface area contributed by atoms with Crippen molar-refractivity contribution in [3.63, 3.8) is 0 Å². The molecule has 1 fully saturated rings. The number of rotatable bonds is 4. The second-order valence-electron chi connectivity index (χ2n) is 6.21. The maximum absolute atomic E-state index is 12.9. The number of para-hydroxylation sites is 3. The average molecular weight is 403 g/mol. The van der Waals surface area contributed by atoms with E-state index in [1.807, 2.05) is 35.8 Å². The molecular formula is C19H16Cl2N4O2. The fraction of sp³-hybridized carbons (Fsp3) is 0.211. The fourth-order valence-electron chi connectivity index (χ4n) is 3.34. The summed E-state index contributed by atoms with van der Waals surface area (Å²) in [6.45, 7) is 2.68. The van der Waals surface area contributed by atoms with Gasteiger partial charge >= 0.3 is 0 Å². The van der Waals surface area contributed by atoms with Gasteiger partial charge in [0.2, 0.25) is 11.9 Å². The standard InChI is InChI=1S/C19H16Cl2N4O2/c1-2-24-15-9-4-3-8-13(15)22-19(24)23-14-10-16(26)25(18(14)27)17-11(20)6-5-7-12(17)21/h3-9,14H,2,10H2,1H3,(H,22,23)/t14-/m0/s1. The van der Waals surface area contributed by atoms with Gasteiger partial charge in [0, 0.05) is 6.54 Å². The predicted octanol–water partition coefficient (Wildman–Crippen LogP) is 4.11. The molecular weight excluding hydrogens is 387 g/mol. The van der Waals surface area contributed by atoms with E-state index in [1.54, 1.807) is 18.2 Å². The molecule has 2 heterocycles. The highest BCUT2D eigenvalue weighted by atomic mass is 35.5. The molecule has 6 nitrogen and oxygen atoms in total. The minimum atomic E-state index is -0.730. The first-order valence-electron chi connectivity index (χ1n) is 8.54. The van der Waals surface area contributed by atoms with Crippen LogP contribution < -0.4 is 10.2 Å². The molecule has 0 bridgehead atoms. The number of anilines is 2. The quantitative estimate of drug-likeness (QED) is 0.666. The van der Waals surface area contributed by atoms with Crippen molar-refractivity contribution in [2.24, 2.45) is 0 Å². The minimum Gasteiger partial charge on any atom is -0.343 e. The van der Waals surface area contributed by atoms with Gasteiger partial charge in [0.15, 0.2) is 0 Å².